The van der Waals surface area contributed by atoms with E-state index in [0.29, 0.717) is 24.6 Å². The van der Waals surface area contributed by atoms with Gasteiger partial charge in [0.25, 0.3) is 0 Å². The monoisotopic (exact) mass is 218 g/mol. The molecule has 1 aliphatic heterocycles. The van der Waals surface area contributed by atoms with Gasteiger partial charge >= 0.3 is 0 Å². The Morgan fingerprint density at radius 3 is 2.56 bits per heavy atom. The molecule has 0 unspecified atom stereocenters. The van der Waals surface area contributed by atoms with Gasteiger partial charge in [-0.15, -0.1) is 0 Å². The smallest absolute Gasteiger partial charge is 0.158 e. The van der Waals surface area contributed by atoms with Crippen LogP contribution in [0.2, 0.25) is 0 Å². The van der Waals surface area contributed by atoms with E-state index in [1.165, 1.54) is 6.20 Å². The Morgan fingerprint density at radius 1 is 1.44 bits per heavy atom. The fraction of sp³-hybridized carbons (Fsp3) is 0.545. The molecule has 2 heterocycles. The van der Waals surface area contributed by atoms with Gasteiger partial charge in [0.15, 0.2) is 5.69 Å². The number of aliphatic hydroxyl groups is 1. The lowest BCUT2D eigenvalue weighted by atomic mass is 9.83. The zero-order valence-electron chi connectivity index (χ0n) is 9.38. The molecule has 0 bridgehead atoms. The van der Waals surface area contributed by atoms with E-state index in [4.69, 9.17) is 5.26 Å². The van der Waals surface area contributed by atoms with E-state index >= 15 is 0 Å². The summed E-state index contributed by atoms with van der Waals surface area (Å²) >= 11 is 0. The predicted molar refractivity (Wildman–Crippen MR) is 58.7 cm³/mol. The third kappa shape index (κ3) is 1.72. The standard InChI is InChI=1S/C11H14N4O/c1-8(2)11(16)6-15(7-11)10-5-13-9(3-12)4-14-10/h4-5,8,16H,6-7H2,1-2H3. The normalized spacial score (nSPS) is 18.1. The molecule has 1 aromatic rings. The van der Waals surface area contributed by atoms with Crippen LogP contribution in [0.15, 0.2) is 12.4 Å². The van der Waals surface area contributed by atoms with Crippen LogP contribution < -0.4 is 4.90 Å². The lowest BCUT2D eigenvalue weighted by Crippen LogP contribution is -2.65. The Bertz CT molecular complexity index is 415. The van der Waals surface area contributed by atoms with Crippen LogP contribution in [-0.2, 0) is 0 Å². The molecule has 0 amide bonds. The second-order valence-corrected chi connectivity index (χ2v) is 4.49. The summed E-state index contributed by atoms with van der Waals surface area (Å²) < 4.78 is 0. The first-order valence-corrected chi connectivity index (χ1v) is 5.24. The van der Waals surface area contributed by atoms with E-state index in [2.05, 4.69) is 9.97 Å². The Kier molecular flexibility index (Phi) is 2.52. The van der Waals surface area contributed by atoms with Gasteiger partial charge in [0.05, 0.1) is 25.5 Å². The summed E-state index contributed by atoms with van der Waals surface area (Å²) in [5, 5.41) is 18.7. The van der Waals surface area contributed by atoms with E-state index in [-0.39, 0.29) is 5.92 Å². The Labute approximate surface area is 94.4 Å². The molecule has 16 heavy (non-hydrogen) atoms. The van der Waals surface area contributed by atoms with Crippen molar-refractivity contribution in [2.75, 3.05) is 18.0 Å². The summed E-state index contributed by atoms with van der Waals surface area (Å²) in [4.78, 5) is 10.0. The molecule has 1 N–H and O–H groups in total. The van der Waals surface area contributed by atoms with Crippen LogP contribution in [0.4, 0.5) is 5.82 Å². The number of rotatable bonds is 2. The number of aromatic nitrogens is 2. The molecule has 1 saturated heterocycles. The van der Waals surface area contributed by atoms with Crippen LogP contribution in [0.25, 0.3) is 0 Å². The van der Waals surface area contributed by atoms with E-state index in [9.17, 15) is 5.11 Å². The average molecular weight is 218 g/mol. The molecule has 0 aliphatic carbocycles. The van der Waals surface area contributed by atoms with Crippen molar-refractivity contribution in [1.29, 1.82) is 5.26 Å². The number of anilines is 1. The van der Waals surface area contributed by atoms with Crippen molar-refractivity contribution >= 4 is 5.82 Å². The van der Waals surface area contributed by atoms with Crippen LogP contribution >= 0.6 is 0 Å². The second kappa shape index (κ2) is 3.72. The highest BCUT2D eigenvalue weighted by atomic mass is 16.3. The molecule has 0 aromatic carbocycles. The van der Waals surface area contributed by atoms with Crippen LogP contribution in [-0.4, -0.2) is 33.8 Å². The third-order valence-corrected chi connectivity index (χ3v) is 3.08. The van der Waals surface area contributed by atoms with Crippen molar-refractivity contribution in [2.24, 2.45) is 5.92 Å². The Morgan fingerprint density at radius 2 is 2.12 bits per heavy atom. The maximum absolute atomic E-state index is 10.1. The van der Waals surface area contributed by atoms with Gasteiger partial charge in [0.1, 0.15) is 17.5 Å². The van der Waals surface area contributed by atoms with E-state index in [1.54, 1.807) is 6.20 Å². The second-order valence-electron chi connectivity index (χ2n) is 4.49. The molecule has 0 spiro atoms. The molecule has 1 fully saturated rings. The minimum Gasteiger partial charge on any atom is -0.386 e. The minimum atomic E-state index is -0.615. The fourth-order valence-corrected chi connectivity index (χ4v) is 1.68. The first-order valence-electron chi connectivity index (χ1n) is 5.24. The summed E-state index contributed by atoms with van der Waals surface area (Å²) in [5.74, 6) is 0.944. The largest absolute Gasteiger partial charge is 0.386 e. The van der Waals surface area contributed by atoms with E-state index in [1.807, 2.05) is 24.8 Å². The molecule has 5 heteroatoms. The molecule has 84 valence electrons. The van der Waals surface area contributed by atoms with Crippen LogP contribution in [0, 0.1) is 17.2 Å². The molecule has 5 nitrogen and oxygen atoms in total. The zero-order chi connectivity index (χ0) is 11.8. The van der Waals surface area contributed by atoms with Crippen molar-refractivity contribution in [3.63, 3.8) is 0 Å². The van der Waals surface area contributed by atoms with Crippen molar-refractivity contribution in [3.8, 4) is 6.07 Å². The molecule has 1 aromatic heterocycles. The Balaban J connectivity index is 2.04. The first-order chi connectivity index (χ1) is 7.55. The van der Waals surface area contributed by atoms with E-state index in [0.717, 1.165) is 0 Å². The van der Waals surface area contributed by atoms with E-state index < -0.39 is 5.60 Å². The highest BCUT2D eigenvalue weighted by Gasteiger charge is 2.44. The van der Waals surface area contributed by atoms with Crippen LogP contribution in [0.5, 0.6) is 0 Å². The van der Waals surface area contributed by atoms with Gasteiger partial charge in [-0.1, -0.05) is 13.8 Å². The maximum atomic E-state index is 10.1. The van der Waals surface area contributed by atoms with Gasteiger partial charge < -0.3 is 10.0 Å². The van der Waals surface area contributed by atoms with Gasteiger partial charge in [-0.2, -0.15) is 5.26 Å². The maximum Gasteiger partial charge on any atom is 0.158 e. The molecular weight excluding hydrogens is 204 g/mol. The van der Waals surface area contributed by atoms with Crippen molar-refractivity contribution in [1.82, 2.24) is 9.97 Å². The average Bonchev–Trinajstić information content (AvgIpc) is 2.25. The molecule has 0 radical (unpaired) electrons. The van der Waals surface area contributed by atoms with Crippen LogP contribution in [0.1, 0.15) is 19.5 Å². The number of nitrogens with zero attached hydrogens (tertiary/aromatic N) is 4. The number of hydrogen-bond donors (Lipinski definition) is 1. The topological polar surface area (TPSA) is 73.0 Å². The summed E-state index contributed by atoms with van der Waals surface area (Å²) in [5.41, 5.74) is -0.307. The lowest BCUT2D eigenvalue weighted by Gasteiger charge is -2.49. The van der Waals surface area contributed by atoms with Gasteiger partial charge in [-0.25, -0.2) is 9.97 Å². The van der Waals surface area contributed by atoms with Crippen molar-refractivity contribution < 1.29 is 5.11 Å². The number of β-amino-alcohol motifs (C(OH)–C–C–N with tert-alkyl or cyclic N) is 1. The quantitative estimate of drug-likeness (QED) is 0.785. The highest BCUT2D eigenvalue weighted by Crippen LogP contribution is 2.31. The number of nitriles is 1. The zero-order valence-corrected chi connectivity index (χ0v) is 9.38. The summed E-state index contributed by atoms with van der Waals surface area (Å²) in [6.45, 7) is 5.15. The van der Waals surface area contributed by atoms with Crippen molar-refractivity contribution in [2.45, 2.75) is 19.4 Å². The van der Waals surface area contributed by atoms with Gasteiger partial charge in [0, 0.05) is 0 Å². The van der Waals surface area contributed by atoms with Gasteiger partial charge in [-0.05, 0) is 5.92 Å². The lowest BCUT2D eigenvalue weighted by molar-refractivity contribution is -0.0304. The summed E-state index contributed by atoms with van der Waals surface area (Å²) in [7, 11) is 0. The molecule has 2 rings (SSSR count). The first kappa shape index (κ1) is 10.8. The van der Waals surface area contributed by atoms with Crippen LogP contribution in [0.3, 0.4) is 0 Å². The fourth-order valence-electron chi connectivity index (χ4n) is 1.68. The van der Waals surface area contributed by atoms with Gasteiger partial charge in [-0.3, -0.25) is 0 Å². The Hall–Kier alpha value is -1.67. The van der Waals surface area contributed by atoms with Crippen molar-refractivity contribution in [3.05, 3.63) is 18.1 Å². The molecule has 0 atom stereocenters. The minimum absolute atomic E-state index is 0.232. The third-order valence-electron chi connectivity index (χ3n) is 3.08. The molecule has 1 aliphatic rings. The predicted octanol–water partition coefficient (Wildman–Crippen LogP) is 0.555. The number of hydrogen-bond acceptors (Lipinski definition) is 5. The highest BCUT2D eigenvalue weighted by molar-refractivity contribution is 5.42. The SMILES string of the molecule is CC(C)C1(O)CN(c2cnc(C#N)cn2)C1. The van der Waals surface area contributed by atoms with Gasteiger partial charge in [0.2, 0.25) is 0 Å². The molecular formula is C11H14N4O. The molecule has 0 saturated carbocycles. The summed E-state index contributed by atoms with van der Waals surface area (Å²) in [6, 6.07) is 1.92. The summed E-state index contributed by atoms with van der Waals surface area (Å²) in [6.07, 6.45) is 3.01.